The summed E-state index contributed by atoms with van der Waals surface area (Å²) in [6.07, 6.45) is 6.30. The van der Waals surface area contributed by atoms with Crippen molar-refractivity contribution >= 4 is 0 Å². The summed E-state index contributed by atoms with van der Waals surface area (Å²) >= 11 is 0. The Morgan fingerprint density at radius 2 is 2.54 bits per heavy atom. The van der Waals surface area contributed by atoms with Gasteiger partial charge in [0.2, 0.25) is 0 Å². The number of aliphatic hydroxyl groups excluding tert-OH is 1. The number of aryl methyl sites for hydroxylation is 2. The fourth-order valence-electron chi connectivity index (χ4n) is 2.15. The maximum Gasteiger partial charge on any atom is 0.108 e. The maximum atomic E-state index is 9.23. The van der Waals surface area contributed by atoms with E-state index in [0.29, 0.717) is 0 Å². The summed E-state index contributed by atoms with van der Waals surface area (Å²) in [4.78, 5) is 4.37. The molecule has 1 aromatic rings. The molecule has 0 amide bonds. The van der Waals surface area contributed by atoms with Crippen LogP contribution in [0.5, 0.6) is 0 Å². The predicted octanol–water partition coefficient (Wildman–Crippen LogP) is 1.32. The molecule has 0 saturated carbocycles. The molecule has 0 radical (unpaired) electrons. The third kappa shape index (κ3) is 1.37. The lowest BCUT2D eigenvalue weighted by Gasteiger charge is -2.25. The molecule has 1 unspecified atom stereocenters. The zero-order chi connectivity index (χ0) is 9.26. The van der Waals surface area contributed by atoms with Crippen LogP contribution in [0.15, 0.2) is 6.20 Å². The van der Waals surface area contributed by atoms with Crippen LogP contribution in [0.1, 0.15) is 37.3 Å². The fraction of sp³-hybridized carbons (Fsp3) is 0.700. The zero-order valence-corrected chi connectivity index (χ0v) is 8.03. The topological polar surface area (TPSA) is 38.0 Å². The first kappa shape index (κ1) is 8.75. The second-order valence-electron chi connectivity index (χ2n) is 3.62. The number of hydrogen-bond acceptors (Lipinski definition) is 2. The molecule has 3 heteroatoms. The summed E-state index contributed by atoms with van der Waals surface area (Å²) in [7, 11) is 0. The summed E-state index contributed by atoms with van der Waals surface area (Å²) in [6.45, 7) is 2.36. The van der Waals surface area contributed by atoms with E-state index in [4.69, 9.17) is 0 Å². The Balaban J connectivity index is 2.39. The Morgan fingerprint density at radius 1 is 1.69 bits per heavy atom. The molecule has 13 heavy (non-hydrogen) atoms. The van der Waals surface area contributed by atoms with Crippen molar-refractivity contribution in [2.24, 2.45) is 0 Å². The maximum absolute atomic E-state index is 9.23. The molecule has 0 bridgehead atoms. The average molecular weight is 180 g/mol. The number of aromatic nitrogens is 2. The molecule has 3 nitrogen and oxygen atoms in total. The van der Waals surface area contributed by atoms with Crippen molar-refractivity contribution in [2.75, 3.05) is 6.61 Å². The highest BCUT2D eigenvalue weighted by Crippen LogP contribution is 2.26. The first-order chi connectivity index (χ1) is 6.36. The molecule has 1 N–H and O–H groups in total. The van der Waals surface area contributed by atoms with E-state index in [0.717, 1.165) is 25.1 Å². The molecule has 0 aliphatic carbocycles. The predicted molar refractivity (Wildman–Crippen MR) is 50.7 cm³/mol. The van der Waals surface area contributed by atoms with Crippen molar-refractivity contribution < 1.29 is 5.11 Å². The van der Waals surface area contributed by atoms with Gasteiger partial charge in [-0.25, -0.2) is 4.98 Å². The van der Waals surface area contributed by atoms with Crippen LogP contribution in [0.4, 0.5) is 0 Å². The van der Waals surface area contributed by atoms with E-state index >= 15 is 0 Å². The van der Waals surface area contributed by atoms with Crippen LogP contribution in [0.3, 0.4) is 0 Å². The monoisotopic (exact) mass is 180 g/mol. The van der Waals surface area contributed by atoms with Crippen LogP contribution >= 0.6 is 0 Å². The van der Waals surface area contributed by atoms with E-state index < -0.39 is 0 Å². The van der Waals surface area contributed by atoms with Gasteiger partial charge in [0.1, 0.15) is 5.82 Å². The Morgan fingerprint density at radius 3 is 3.23 bits per heavy atom. The van der Waals surface area contributed by atoms with Crippen molar-refractivity contribution in [1.82, 2.24) is 9.55 Å². The number of hydrogen-bond donors (Lipinski definition) is 1. The van der Waals surface area contributed by atoms with Gasteiger partial charge in [0, 0.05) is 18.3 Å². The number of nitrogens with zero attached hydrogens (tertiary/aromatic N) is 2. The van der Waals surface area contributed by atoms with Crippen molar-refractivity contribution in [2.45, 2.75) is 38.6 Å². The van der Waals surface area contributed by atoms with E-state index in [1.165, 1.54) is 12.1 Å². The van der Waals surface area contributed by atoms with Gasteiger partial charge in [-0.1, -0.05) is 6.92 Å². The first-order valence-electron chi connectivity index (χ1n) is 5.02. The van der Waals surface area contributed by atoms with Gasteiger partial charge >= 0.3 is 0 Å². The van der Waals surface area contributed by atoms with Crippen LogP contribution in [-0.2, 0) is 12.8 Å². The smallest absolute Gasteiger partial charge is 0.108 e. The van der Waals surface area contributed by atoms with Crippen molar-refractivity contribution in [3.05, 3.63) is 17.7 Å². The number of rotatable bonds is 2. The van der Waals surface area contributed by atoms with Gasteiger partial charge in [-0.15, -0.1) is 0 Å². The summed E-state index contributed by atoms with van der Waals surface area (Å²) in [6, 6.07) is 0.279. The standard InChI is InChI=1S/C10H16N2O/c1-2-10-11-6-8-4-3-5-9(7-13)12(8)10/h6,9,13H,2-5,7H2,1H3. The summed E-state index contributed by atoms with van der Waals surface area (Å²) in [5, 5.41) is 9.23. The SMILES string of the molecule is CCc1ncc2n1C(CO)CCC2. The highest BCUT2D eigenvalue weighted by atomic mass is 16.3. The molecular weight excluding hydrogens is 164 g/mol. The van der Waals surface area contributed by atoms with E-state index in [1.807, 2.05) is 6.20 Å². The van der Waals surface area contributed by atoms with Gasteiger partial charge < -0.3 is 9.67 Å². The van der Waals surface area contributed by atoms with E-state index in [-0.39, 0.29) is 12.6 Å². The lowest BCUT2D eigenvalue weighted by atomic mass is 10.0. The molecule has 1 aliphatic rings. The summed E-state index contributed by atoms with van der Waals surface area (Å²) < 4.78 is 2.23. The number of fused-ring (bicyclic) bond motifs is 1. The van der Waals surface area contributed by atoms with Crippen LogP contribution in [0, 0.1) is 0 Å². The Kier molecular flexibility index (Phi) is 2.36. The van der Waals surface area contributed by atoms with Gasteiger partial charge in [0.05, 0.1) is 12.6 Å². The lowest BCUT2D eigenvalue weighted by Crippen LogP contribution is -2.22. The fourth-order valence-corrected chi connectivity index (χ4v) is 2.15. The quantitative estimate of drug-likeness (QED) is 0.745. The third-order valence-electron chi connectivity index (χ3n) is 2.81. The van der Waals surface area contributed by atoms with Crippen molar-refractivity contribution in [3.63, 3.8) is 0 Å². The molecule has 0 aromatic carbocycles. The highest BCUT2D eigenvalue weighted by Gasteiger charge is 2.21. The molecule has 2 rings (SSSR count). The molecule has 1 aliphatic heterocycles. The minimum absolute atomic E-state index is 0.246. The van der Waals surface area contributed by atoms with Crippen LogP contribution < -0.4 is 0 Å². The second kappa shape index (κ2) is 3.50. The van der Waals surface area contributed by atoms with Gasteiger partial charge in [-0.05, 0) is 19.3 Å². The van der Waals surface area contributed by atoms with Gasteiger partial charge in [0.25, 0.3) is 0 Å². The van der Waals surface area contributed by atoms with Gasteiger partial charge in [-0.3, -0.25) is 0 Å². The van der Waals surface area contributed by atoms with Crippen LogP contribution in [0.2, 0.25) is 0 Å². The molecular formula is C10H16N2O. The van der Waals surface area contributed by atoms with Crippen LogP contribution in [-0.4, -0.2) is 21.3 Å². The minimum Gasteiger partial charge on any atom is -0.394 e. The van der Waals surface area contributed by atoms with Crippen molar-refractivity contribution in [1.29, 1.82) is 0 Å². The molecule has 0 fully saturated rings. The van der Waals surface area contributed by atoms with Crippen molar-refractivity contribution in [3.8, 4) is 0 Å². The molecule has 0 saturated heterocycles. The Bertz CT molecular complexity index is 280. The summed E-state index contributed by atoms with van der Waals surface area (Å²) in [5.41, 5.74) is 1.29. The normalized spacial score (nSPS) is 21.5. The van der Waals surface area contributed by atoms with Gasteiger partial charge in [-0.2, -0.15) is 0 Å². The van der Waals surface area contributed by atoms with E-state index in [9.17, 15) is 5.11 Å². The average Bonchev–Trinajstić information content (AvgIpc) is 2.60. The third-order valence-corrected chi connectivity index (χ3v) is 2.81. The van der Waals surface area contributed by atoms with Crippen LogP contribution in [0.25, 0.3) is 0 Å². The second-order valence-corrected chi connectivity index (χ2v) is 3.62. The van der Waals surface area contributed by atoms with Gasteiger partial charge in [0.15, 0.2) is 0 Å². The Hall–Kier alpha value is -0.830. The minimum atomic E-state index is 0.246. The lowest BCUT2D eigenvalue weighted by molar-refractivity contribution is 0.204. The summed E-state index contributed by atoms with van der Waals surface area (Å²) in [5.74, 6) is 1.12. The number of imidazole rings is 1. The number of aliphatic hydroxyl groups is 1. The zero-order valence-electron chi connectivity index (χ0n) is 8.03. The molecule has 1 aromatic heterocycles. The molecule has 1 atom stereocenters. The Labute approximate surface area is 78.4 Å². The van der Waals surface area contributed by atoms with E-state index in [2.05, 4.69) is 16.5 Å². The largest absolute Gasteiger partial charge is 0.394 e. The van der Waals surface area contributed by atoms with E-state index in [1.54, 1.807) is 0 Å². The first-order valence-corrected chi connectivity index (χ1v) is 5.02. The molecule has 0 spiro atoms. The molecule has 2 heterocycles. The molecule has 72 valence electrons. The highest BCUT2D eigenvalue weighted by molar-refractivity contribution is 5.10.